The van der Waals surface area contributed by atoms with E-state index in [0.29, 0.717) is 0 Å². The molecule has 0 aliphatic rings. The van der Waals surface area contributed by atoms with Crippen LogP contribution in [-0.4, -0.2) is 0 Å². The van der Waals surface area contributed by atoms with E-state index in [9.17, 15) is 0 Å². The zero-order valence-corrected chi connectivity index (χ0v) is 4.12. The second-order valence-corrected chi connectivity index (χ2v) is 1.38. The molecule has 0 aromatic carbocycles. The van der Waals surface area contributed by atoms with Crippen molar-refractivity contribution >= 4 is 0 Å². The van der Waals surface area contributed by atoms with Crippen LogP contribution in [0.2, 0.25) is 0 Å². The van der Waals surface area contributed by atoms with E-state index >= 15 is 0 Å². The molecule has 0 spiro atoms. The lowest BCUT2D eigenvalue weighted by atomic mass is 10.2. The van der Waals surface area contributed by atoms with Crippen molar-refractivity contribution in [2.75, 3.05) is 0 Å². The number of hydrogen-bond acceptors (Lipinski definition) is 0. The van der Waals surface area contributed by atoms with Gasteiger partial charge in [0.1, 0.15) is 0 Å². The topological polar surface area (TPSA) is 0 Å². The Morgan fingerprint density at radius 2 is 2.33 bits per heavy atom. The highest BCUT2D eigenvalue weighted by atomic mass is 13.8. The Labute approximate surface area is 39.2 Å². The van der Waals surface area contributed by atoms with E-state index in [-0.39, 0.29) is 0 Å². The summed E-state index contributed by atoms with van der Waals surface area (Å²) in [6.07, 6.45) is 3.54. The minimum atomic E-state index is 0.819. The monoisotopic (exact) mass is 81.1 g/mol. The molecule has 0 fully saturated rings. The van der Waals surface area contributed by atoms with Crippen LogP contribution < -0.4 is 0 Å². The zero-order valence-electron chi connectivity index (χ0n) is 4.12. The van der Waals surface area contributed by atoms with Crippen molar-refractivity contribution in [2.45, 2.75) is 13.3 Å². The third-order valence-corrected chi connectivity index (χ3v) is 0.427. The van der Waals surface area contributed by atoms with Gasteiger partial charge in [-0.3, -0.25) is 6.58 Å². The lowest BCUT2D eigenvalue weighted by Crippen LogP contribution is -1.63. The van der Waals surface area contributed by atoms with Gasteiger partial charge < -0.3 is 6.08 Å². The van der Waals surface area contributed by atoms with Crippen molar-refractivity contribution in [3.05, 3.63) is 24.8 Å². The van der Waals surface area contributed by atoms with Gasteiger partial charge in [0.15, 0.2) is 0 Å². The minimum Gasteiger partial charge on any atom is -0.500 e. The Morgan fingerprint density at radius 1 is 1.83 bits per heavy atom. The molecular formula is C6H9-. The summed E-state index contributed by atoms with van der Waals surface area (Å²) < 4.78 is 0. The fourth-order valence-corrected chi connectivity index (χ4v) is 0.213. The highest BCUT2D eigenvalue weighted by Gasteiger charge is 1.61. The first-order chi connectivity index (χ1) is 2.77. The van der Waals surface area contributed by atoms with E-state index in [0.717, 1.165) is 12.0 Å². The molecule has 0 atom stereocenters. The van der Waals surface area contributed by atoms with Crippen LogP contribution in [0, 0.1) is 6.08 Å². The Kier molecular flexibility index (Phi) is 2.47. The quantitative estimate of drug-likeness (QED) is 0.352. The summed E-state index contributed by atoms with van der Waals surface area (Å²) in [5.74, 6) is 0. The highest BCUT2D eigenvalue weighted by molar-refractivity contribution is 4.90. The molecule has 6 heavy (non-hydrogen) atoms. The standard InChI is InChI=1S/C6H9/c1-4-5-6(2)3/h1-2,5H2,3H3/q-1. The summed E-state index contributed by atoms with van der Waals surface area (Å²) in [7, 11) is 0. The van der Waals surface area contributed by atoms with Crippen molar-refractivity contribution in [3.63, 3.8) is 0 Å². The average Bonchev–Trinajstić information content (AvgIpc) is 1.35. The summed E-state index contributed by atoms with van der Waals surface area (Å²) in [5.41, 5.74) is 1.12. The molecule has 0 bridgehead atoms. The van der Waals surface area contributed by atoms with Gasteiger partial charge in [0.25, 0.3) is 0 Å². The van der Waals surface area contributed by atoms with Crippen LogP contribution in [0.1, 0.15) is 13.3 Å². The molecule has 0 unspecified atom stereocenters. The van der Waals surface area contributed by atoms with Crippen LogP contribution in [-0.2, 0) is 0 Å². The SMILES string of the molecule is C=[C-]CC(=C)C. The van der Waals surface area contributed by atoms with Gasteiger partial charge in [0, 0.05) is 0 Å². The average molecular weight is 81.1 g/mol. The summed E-state index contributed by atoms with van der Waals surface area (Å²) in [5, 5.41) is 0. The van der Waals surface area contributed by atoms with E-state index in [1.807, 2.05) is 6.92 Å². The molecule has 0 saturated carbocycles. The molecule has 0 aromatic rings. The van der Waals surface area contributed by atoms with Gasteiger partial charge in [-0.1, -0.05) is 0 Å². The Balaban J connectivity index is 3.05. The summed E-state index contributed by atoms with van der Waals surface area (Å²) in [6.45, 7) is 9.01. The molecule has 0 aliphatic carbocycles. The van der Waals surface area contributed by atoms with Gasteiger partial charge in [-0.2, -0.15) is 6.42 Å². The van der Waals surface area contributed by atoms with Crippen LogP contribution in [0.4, 0.5) is 0 Å². The maximum Gasteiger partial charge on any atom is -0.0466 e. The minimum absolute atomic E-state index is 0.819. The summed E-state index contributed by atoms with van der Waals surface area (Å²) in [6, 6.07) is 0. The lowest BCUT2D eigenvalue weighted by Gasteiger charge is -1.96. The lowest BCUT2D eigenvalue weighted by molar-refractivity contribution is 1.20. The van der Waals surface area contributed by atoms with E-state index < -0.39 is 0 Å². The van der Waals surface area contributed by atoms with Crippen molar-refractivity contribution < 1.29 is 0 Å². The fourth-order valence-electron chi connectivity index (χ4n) is 0.213. The molecular weight excluding hydrogens is 72.1 g/mol. The van der Waals surface area contributed by atoms with E-state index in [2.05, 4.69) is 19.2 Å². The largest absolute Gasteiger partial charge is 0.500 e. The molecule has 0 amide bonds. The maximum absolute atomic E-state index is 3.64. The summed E-state index contributed by atoms with van der Waals surface area (Å²) >= 11 is 0. The molecule has 0 nitrogen and oxygen atoms in total. The van der Waals surface area contributed by atoms with Crippen LogP contribution in [0.3, 0.4) is 0 Å². The molecule has 0 aromatic heterocycles. The summed E-state index contributed by atoms with van der Waals surface area (Å²) in [4.78, 5) is 0. The Hall–Kier alpha value is -0.520. The third kappa shape index (κ3) is 3.48. The first-order valence-electron chi connectivity index (χ1n) is 1.91. The van der Waals surface area contributed by atoms with Crippen LogP contribution in [0.25, 0.3) is 0 Å². The second-order valence-electron chi connectivity index (χ2n) is 1.38. The molecule has 0 radical (unpaired) electrons. The molecule has 0 saturated heterocycles. The molecule has 0 heterocycles. The van der Waals surface area contributed by atoms with Gasteiger partial charge >= 0.3 is 0 Å². The van der Waals surface area contributed by atoms with E-state index in [1.165, 1.54) is 0 Å². The first kappa shape index (κ1) is 5.48. The van der Waals surface area contributed by atoms with Gasteiger partial charge in [0.05, 0.1) is 0 Å². The first-order valence-corrected chi connectivity index (χ1v) is 1.91. The van der Waals surface area contributed by atoms with Crippen molar-refractivity contribution in [1.29, 1.82) is 0 Å². The Morgan fingerprint density at radius 3 is 2.33 bits per heavy atom. The number of allylic oxidation sites excluding steroid dienone is 2. The number of hydrogen-bond donors (Lipinski definition) is 0. The maximum atomic E-state index is 3.64. The highest BCUT2D eigenvalue weighted by Crippen LogP contribution is 1.91. The van der Waals surface area contributed by atoms with Crippen LogP contribution >= 0.6 is 0 Å². The molecule has 0 heteroatoms. The second kappa shape index (κ2) is 2.70. The predicted octanol–water partition coefficient (Wildman–Crippen LogP) is 1.94. The smallest absolute Gasteiger partial charge is 0.0466 e. The van der Waals surface area contributed by atoms with Gasteiger partial charge in [0.2, 0.25) is 0 Å². The molecule has 0 aliphatic heterocycles. The van der Waals surface area contributed by atoms with E-state index in [4.69, 9.17) is 0 Å². The fraction of sp³-hybridized carbons (Fsp3) is 0.333. The van der Waals surface area contributed by atoms with Crippen molar-refractivity contribution in [3.8, 4) is 0 Å². The van der Waals surface area contributed by atoms with E-state index in [1.54, 1.807) is 0 Å². The van der Waals surface area contributed by atoms with Crippen molar-refractivity contribution in [1.82, 2.24) is 0 Å². The molecule has 0 rings (SSSR count). The van der Waals surface area contributed by atoms with Crippen LogP contribution in [0.5, 0.6) is 0 Å². The molecule has 0 N–H and O–H groups in total. The van der Waals surface area contributed by atoms with Gasteiger partial charge in [-0.15, -0.1) is 12.2 Å². The van der Waals surface area contributed by atoms with Crippen LogP contribution in [0.15, 0.2) is 18.7 Å². The third-order valence-electron chi connectivity index (χ3n) is 0.427. The predicted molar refractivity (Wildman–Crippen MR) is 28.3 cm³/mol. The number of rotatable bonds is 2. The molecule has 34 valence electrons. The zero-order chi connectivity index (χ0) is 4.99. The van der Waals surface area contributed by atoms with Crippen molar-refractivity contribution in [2.24, 2.45) is 0 Å². The normalized spacial score (nSPS) is 7.50. The van der Waals surface area contributed by atoms with Gasteiger partial charge in [-0.25, -0.2) is 0 Å². The van der Waals surface area contributed by atoms with Gasteiger partial charge in [-0.05, 0) is 6.92 Å². The Bertz CT molecular complexity index is 60.4.